The van der Waals surface area contributed by atoms with E-state index in [0.717, 1.165) is 32.1 Å². The summed E-state index contributed by atoms with van der Waals surface area (Å²) in [5.41, 5.74) is 1.91. The van der Waals surface area contributed by atoms with Gasteiger partial charge in [-0.3, -0.25) is 9.59 Å². The Morgan fingerprint density at radius 2 is 2.16 bits per heavy atom. The number of Topliss-reactive ketones (excluding diaryl/α,β-unsaturated/α-hetero) is 1. The molecule has 4 nitrogen and oxygen atoms in total. The smallest absolute Gasteiger partial charge is 0.193 e. The summed E-state index contributed by atoms with van der Waals surface area (Å²) >= 11 is 0. The van der Waals surface area contributed by atoms with Gasteiger partial charge in [0.05, 0.1) is 6.10 Å². The van der Waals surface area contributed by atoms with Crippen molar-refractivity contribution in [3.8, 4) is 0 Å². The number of hydrogen-bond acceptors (Lipinski definition) is 4. The molecule has 2 saturated carbocycles. The fourth-order valence-corrected chi connectivity index (χ4v) is 6.90. The molecule has 0 amide bonds. The van der Waals surface area contributed by atoms with Crippen molar-refractivity contribution in [2.45, 2.75) is 64.1 Å². The predicted molar refractivity (Wildman–Crippen MR) is 91.8 cm³/mol. The molecule has 134 valence electrons. The number of epoxide rings is 1. The molecule has 1 heterocycles. The van der Waals surface area contributed by atoms with Gasteiger partial charge in [0.1, 0.15) is 6.61 Å². The molecular formula is C21H26O4. The molecular weight excluding hydrogens is 316 g/mol. The maximum Gasteiger partial charge on any atom is 0.193 e. The minimum absolute atomic E-state index is 0.00687. The molecule has 6 atom stereocenters. The summed E-state index contributed by atoms with van der Waals surface area (Å²) in [6.07, 6.45) is 9.64. The molecule has 0 aromatic carbocycles. The Morgan fingerprint density at radius 1 is 1.36 bits per heavy atom. The number of aliphatic hydroxyl groups excluding tert-OH is 1. The number of fused-ring (bicyclic) bond motifs is 7. The van der Waals surface area contributed by atoms with Gasteiger partial charge in [0, 0.05) is 17.3 Å². The Kier molecular flexibility index (Phi) is 3.01. The van der Waals surface area contributed by atoms with Gasteiger partial charge in [0.2, 0.25) is 0 Å². The highest BCUT2D eigenvalue weighted by molar-refractivity contribution is 5.93. The number of ether oxygens (including phenoxy) is 1. The van der Waals surface area contributed by atoms with E-state index in [0.29, 0.717) is 18.3 Å². The van der Waals surface area contributed by atoms with E-state index < -0.39 is 12.2 Å². The van der Waals surface area contributed by atoms with Crippen molar-refractivity contribution in [1.82, 2.24) is 0 Å². The number of aliphatic hydroxyl groups is 1. The normalized spacial score (nSPS) is 50.0. The predicted octanol–water partition coefficient (Wildman–Crippen LogP) is 2.75. The van der Waals surface area contributed by atoms with Crippen LogP contribution in [0.1, 0.15) is 52.4 Å². The second-order valence-corrected chi connectivity index (χ2v) is 9.16. The number of rotatable bonds is 2. The van der Waals surface area contributed by atoms with E-state index in [4.69, 9.17) is 4.74 Å². The number of carbonyl (C=O) groups is 2. The van der Waals surface area contributed by atoms with Crippen molar-refractivity contribution in [3.63, 3.8) is 0 Å². The van der Waals surface area contributed by atoms with Gasteiger partial charge in [-0.15, -0.1) is 0 Å². The van der Waals surface area contributed by atoms with Crippen LogP contribution in [0.25, 0.3) is 0 Å². The van der Waals surface area contributed by atoms with E-state index in [1.165, 1.54) is 11.1 Å². The van der Waals surface area contributed by atoms with Crippen LogP contribution in [-0.4, -0.2) is 35.0 Å². The Morgan fingerprint density at radius 3 is 2.92 bits per heavy atom. The van der Waals surface area contributed by atoms with Gasteiger partial charge in [0.25, 0.3) is 0 Å². The largest absolute Gasteiger partial charge is 0.388 e. The summed E-state index contributed by atoms with van der Waals surface area (Å²) in [5.74, 6) is 1.06. The summed E-state index contributed by atoms with van der Waals surface area (Å²) in [6, 6.07) is 0. The lowest BCUT2D eigenvalue weighted by molar-refractivity contribution is -0.134. The molecule has 25 heavy (non-hydrogen) atoms. The van der Waals surface area contributed by atoms with Crippen LogP contribution >= 0.6 is 0 Å². The molecule has 0 aromatic rings. The van der Waals surface area contributed by atoms with Crippen molar-refractivity contribution in [1.29, 1.82) is 0 Å². The molecule has 1 aliphatic heterocycles. The molecule has 0 spiro atoms. The monoisotopic (exact) mass is 342 g/mol. The highest BCUT2D eigenvalue weighted by Crippen LogP contribution is 2.72. The molecule has 0 unspecified atom stereocenters. The van der Waals surface area contributed by atoms with E-state index in [1.807, 2.05) is 6.08 Å². The van der Waals surface area contributed by atoms with Crippen molar-refractivity contribution in [3.05, 3.63) is 23.3 Å². The standard InChI is InChI=1S/C21H26O4/c1-19-7-5-13(23)9-12(19)3-4-14-15(19)6-8-20(2)16(14)10-18-21(20,25-18)17(24)11-22/h6,9,14,16,18,22H,3-5,7-8,10-11H2,1-2H3/t14-,16+,18-,19+,20+,21-/m1/s1. The Bertz CT molecular complexity index is 749. The minimum Gasteiger partial charge on any atom is -0.388 e. The second-order valence-electron chi connectivity index (χ2n) is 9.16. The summed E-state index contributed by atoms with van der Waals surface area (Å²) in [5, 5.41) is 9.46. The maximum absolute atomic E-state index is 12.5. The molecule has 1 saturated heterocycles. The third-order valence-electron chi connectivity index (χ3n) is 8.33. The van der Waals surface area contributed by atoms with Crippen LogP contribution in [0.5, 0.6) is 0 Å². The van der Waals surface area contributed by atoms with Crippen molar-refractivity contribution >= 4 is 11.6 Å². The van der Waals surface area contributed by atoms with Gasteiger partial charge in [-0.05, 0) is 50.0 Å². The van der Waals surface area contributed by atoms with E-state index >= 15 is 0 Å². The Labute approximate surface area is 148 Å². The molecule has 5 aliphatic rings. The van der Waals surface area contributed by atoms with Crippen LogP contribution in [0, 0.1) is 22.7 Å². The molecule has 1 N–H and O–H groups in total. The Balaban J connectivity index is 1.56. The number of carbonyl (C=O) groups excluding carboxylic acids is 2. The zero-order chi connectivity index (χ0) is 17.6. The zero-order valence-electron chi connectivity index (χ0n) is 15.0. The third-order valence-corrected chi connectivity index (χ3v) is 8.33. The average molecular weight is 342 g/mol. The highest BCUT2D eigenvalue weighted by atomic mass is 16.6. The van der Waals surface area contributed by atoms with Crippen LogP contribution in [-0.2, 0) is 14.3 Å². The Hall–Kier alpha value is -1.26. The summed E-state index contributed by atoms with van der Waals surface area (Å²) in [6.45, 7) is 4.09. The van der Waals surface area contributed by atoms with Gasteiger partial charge in [-0.25, -0.2) is 0 Å². The van der Waals surface area contributed by atoms with Crippen LogP contribution in [0.3, 0.4) is 0 Å². The maximum atomic E-state index is 12.5. The lowest BCUT2D eigenvalue weighted by atomic mass is 9.50. The first-order valence-corrected chi connectivity index (χ1v) is 9.63. The van der Waals surface area contributed by atoms with E-state index in [1.54, 1.807) is 0 Å². The first-order chi connectivity index (χ1) is 11.9. The summed E-state index contributed by atoms with van der Waals surface area (Å²) in [4.78, 5) is 24.4. The molecule has 0 radical (unpaired) electrons. The molecule has 0 aromatic heterocycles. The quantitative estimate of drug-likeness (QED) is 0.619. The second kappa shape index (κ2) is 4.72. The van der Waals surface area contributed by atoms with Crippen molar-refractivity contribution < 1.29 is 19.4 Å². The minimum atomic E-state index is -0.742. The van der Waals surface area contributed by atoms with Crippen LogP contribution < -0.4 is 0 Å². The van der Waals surface area contributed by atoms with Crippen LogP contribution in [0.15, 0.2) is 23.3 Å². The zero-order valence-corrected chi connectivity index (χ0v) is 15.0. The highest BCUT2D eigenvalue weighted by Gasteiger charge is 2.79. The SMILES string of the molecule is C[C@]12CCC(=O)C=C1CC[C@@H]1C2=CC[C@@]2(C)[C@H]1C[C@H]1O[C@]12C(=O)CO. The van der Waals surface area contributed by atoms with Gasteiger partial charge in [-0.2, -0.15) is 0 Å². The fourth-order valence-electron chi connectivity index (χ4n) is 6.90. The molecule has 4 heteroatoms. The number of allylic oxidation sites excluding steroid dienone is 4. The molecule has 5 rings (SSSR count). The molecule has 4 aliphatic carbocycles. The fraction of sp³-hybridized carbons (Fsp3) is 0.714. The summed E-state index contributed by atoms with van der Waals surface area (Å²) < 4.78 is 5.90. The molecule has 3 fully saturated rings. The van der Waals surface area contributed by atoms with E-state index in [2.05, 4.69) is 19.9 Å². The van der Waals surface area contributed by atoms with Gasteiger partial charge in [0.15, 0.2) is 17.2 Å². The topological polar surface area (TPSA) is 66.9 Å². The average Bonchev–Trinajstić information content (AvgIpc) is 3.27. The number of ketones is 2. The van der Waals surface area contributed by atoms with Crippen LogP contribution in [0.4, 0.5) is 0 Å². The van der Waals surface area contributed by atoms with Gasteiger partial charge >= 0.3 is 0 Å². The third kappa shape index (κ3) is 1.71. The van der Waals surface area contributed by atoms with Gasteiger partial charge < -0.3 is 9.84 Å². The van der Waals surface area contributed by atoms with Gasteiger partial charge in [-0.1, -0.05) is 31.1 Å². The molecule has 0 bridgehead atoms. The summed E-state index contributed by atoms with van der Waals surface area (Å²) in [7, 11) is 0. The lowest BCUT2D eigenvalue weighted by Gasteiger charge is -2.53. The van der Waals surface area contributed by atoms with E-state index in [-0.39, 0.29) is 28.5 Å². The number of hydrogen-bond donors (Lipinski definition) is 1. The first-order valence-electron chi connectivity index (χ1n) is 9.63. The lowest BCUT2D eigenvalue weighted by Crippen LogP contribution is -2.51. The van der Waals surface area contributed by atoms with Crippen molar-refractivity contribution in [2.75, 3.05) is 6.61 Å². The van der Waals surface area contributed by atoms with Crippen LogP contribution in [0.2, 0.25) is 0 Å². The van der Waals surface area contributed by atoms with Crippen molar-refractivity contribution in [2.24, 2.45) is 22.7 Å². The first kappa shape index (κ1) is 16.0. The van der Waals surface area contributed by atoms with E-state index in [9.17, 15) is 14.7 Å².